The second kappa shape index (κ2) is 3.79. The fraction of sp³-hybridized carbons (Fsp3) is 0.182. The van der Waals surface area contributed by atoms with Crippen LogP contribution in [0.15, 0.2) is 46.1 Å². The first-order chi connectivity index (χ1) is 6.10. The highest BCUT2D eigenvalue weighted by molar-refractivity contribution is 8.35. The van der Waals surface area contributed by atoms with E-state index in [4.69, 9.17) is 0 Å². The van der Waals surface area contributed by atoms with Crippen LogP contribution in [0, 0.1) is 0 Å². The maximum absolute atomic E-state index is 3.85. The van der Waals surface area contributed by atoms with E-state index in [0.29, 0.717) is 0 Å². The Morgan fingerprint density at radius 3 is 2.15 bits per heavy atom. The Kier molecular flexibility index (Phi) is 2.94. The summed E-state index contributed by atoms with van der Waals surface area (Å²) in [5.74, 6) is 0. The van der Waals surface area contributed by atoms with Crippen molar-refractivity contribution in [1.82, 2.24) is 0 Å². The fourth-order valence-corrected chi connectivity index (χ4v) is 2.03. The van der Waals surface area contributed by atoms with E-state index in [1.54, 1.807) is 0 Å². The van der Waals surface area contributed by atoms with Gasteiger partial charge >= 0.3 is 0 Å². The third kappa shape index (κ3) is 2.22. The Bertz CT molecular complexity index is 311. The van der Waals surface area contributed by atoms with E-state index >= 15 is 0 Å². The molecule has 0 amide bonds. The highest BCUT2D eigenvalue weighted by Gasteiger charge is 2.08. The minimum atomic E-state index is -0.821. The lowest BCUT2D eigenvalue weighted by atomic mass is 10.3. The maximum atomic E-state index is 3.85. The minimum absolute atomic E-state index is 0.821. The van der Waals surface area contributed by atoms with Gasteiger partial charge in [0.1, 0.15) is 0 Å². The molecule has 0 radical (unpaired) electrons. The van der Waals surface area contributed by atoms with Crippen molar-refractivity contribution in [2.24, 2.45) is 4.99 Å². The Labute approximate surface area is 81.5 Å². The summed E-state index contributed by atoms with van der Waals surface area (Å²) < 4.78 is 0. The zero-order valence-electron chi connectivity index (χ0n) is 8.16. The molecule has 0 heterocycles. The van der Waals surface area contributed by atoms with Gasteiger partial charge in [0.15, 0.2) is 0 Å². The van der Waals surface area contributed by atoms with Gasteiger partial charge in [-0.05, 0) is 48.4 Å². The average Bonchev–Trinajstić information content (AvgIpc) is 2.18. The first-order valence-electron chi connectivity index (χ1n) is 4.03. The highest BCUT2D eigenvalue weighted by Crippen LogP contribution is 2.49. The minimum Gasteiger partial charge on any atom is -0.265 e. The molecule has 0 spiro atoms. The van der Waals surface area contributed by atoms with Crippen LogP contribution in [0.1, 0.15) is 0 Å². The van der Waals surface area contributed by atoms with Crippen molar-refractivity contribution in [3.05, 3.63) is 36.3 Å². The van der Waals surface area contributed by atoms with Crippen LogP contribution in [-0.2, 0) is 0 Å². The number of rotatable bonds is 3. The molecular formula is C11H15NS. The first kappa shape index (κ1) is 10.1. The third-order valence-corrected chi connectivity index (χ3v) is 4.36. The second-order valence-corrected chi connectivity index (χ2v) is 6.84. The molecule has 0 unspecified atom stereocenters. The van der Waals surface area contributed by atoms with Gasteiger partial charge in [-0.2, -0.15) is 0 Å². The predicted molar refractivity (Wildman–Crippen MR) is 63.6 cm³/mol. The van der Waals surface area contributed by atoms with Gasteiger partial charge in [-0.3, -0.25) is 4.99 Å². The maximum Gasteiger partial charge on any atom is 0.0623 e. The molecule has 0 aromatic heterocycles. The first-order valence-corrected chi connectivity index (χ1v) is 6.54. The molecule has 0 N–H and O–H groups in total. The summed E-state index contributed by atoms with van der Waals surface area (Å²) >= 11 is 0. The van der Waals surface area contributed by atoms with E-state index in [1.807, 2.05) is 17.5 Å². The van der Waals surface area contributed by atoms with Gasteiger partial charge in [-0.25, -0.2) is 10.0 Å². The summed E-state index contributed by atoms with van der Waals surface area (Å²) in [6.45, 7) is 7.33. The largest absolute Gasteiger partial charge is 0.265 e. The lowest BCUT2D eigenvalue weighted by molar-refractivity contribution is 1.41. The number of nitrogens with zero attached hydrogens (tertiary/aromatic N) is 1. The molecule has 0 aliphatic carbocycles. The van der Waals surface area contributed by atoms with E-state index in [2.05, 4.69) is 42.9 Å². The molecule has 1 nitrogen and oxygen atoms in total. The van der Waals surface area contributed by atoms with Gasteiger partial charge < -0.3 is 0 Å². The van der Waals surface area contributed by atoms with Crippen molar-refractivity contribution < 1.29 is 0 Å². The number of hydrogen-bond acceptors (Lipinski definition) is 1. The molecular weight excluding hydrogens is 178 g/mol. The molecule has 0 fully saturated rings. The van der Waals surface area contributed by atoms with Gasteiger partial charge in [0.05, 0.1) is 5.69 Å². The van der Waals surface area contributed by atoms with Gasteiger partial charge in [0.25, 0.3) is 0 Å². The summed E-state index contributed by atoms with van der Waals surface area (Å²) in [7, 11) is -0.821. The molecule has 13 heavy (non-hydrogen) atoms. The smallest absolute Gasteiger partial charge is 0.0623 e. The lowest BCUT2D eigenvalue weighted by Crippen LogP contribution is -1.90. The Morgan fingerprint density at radius 1 is 1.23 bits per heavy atom. The van der Waals surface area contributed by atoms with Crippen molar-refractivity contribution >= 4 is 22.4 Å². The lowest BCUT2D eigenvalue weighted by Gasteiger charge is -2.26. The fourth-order valence-electron chi connectivity index (χ4n) is 0.999. The molecule has 70 valence electrons. The normalized spacial score (nSPS) is 12.2. The number of benzene rings is 1. The van der Waals surface area contributed by atoms with Crippen molar-refractivity contribution in [3.63, 3.8) is 0 Å². The standard InChI is InChI=1S/C11H15NS/c1-5-13(3,4)11-8-6-10(12-2)7-9-11/h5-9H,1-2H2,3-4H3. The molecule has 0 saturated carbocycles. The molecule has 1 aromatic rings. The number of aliphatic imine (C=N–C) groups is 1. The summed E-state index contributed by atoms with van der Waals surface area (Å²) in [5, 5.41) is 2.03. The quantitative estimate of drug-likeness (QED) is 0.651. The van der Waals surface area contributed by atoms with Crippen LogP contribution in [0.5, 0.6) is 0 Å². The van der Waals surface area contributed by atoms with Crippen molar-refractivity contribution in [2.45, 2.75) is 4.90 Å². The van der Waals surface area contributed by atoms with E-state index in [9.17, 15) is 0 Å². The van der Waals surface area contributed by atoms with Crippen LogP contribution in [-0.4, -0.2) is 19.2 Å². The van der Waals surface area contributed by atoms with Crippen molar-refractivity contribution in [1.29, 1.82) is 0 Å². The number of hydrogen-bond donors (Lipinski definition) is 0. The predicted octanol–water partition coefficient (Wildman–Crippen LogP) is 3.59. The average molecular weight is 193 g/mol. The summed E-state index contributed by atoms with van der Waals surface area (Å²) in [5.41, 5.74) is 0.919. The SMILES string of the molecule is C=CS(C)(C)c1ccc(N=C)cc1. The van der Waals surface area contributed by atoms with Crippen LogP contribution >= 0.6 is 10.0 Å². The Morgan fingerprint density at radius 2 is 1.77 bits per heavy atom. The van der Waals surface area contributed by atoms with Crippen LogP contribution in [0.25, 0.3) is 0 Å². The molecule has 0 bridgehead atoms. The van der Waals surface area contributed by atoms with E-state index in [-0.39, 0.29) is 0 Å². The van der Waals surface area contributed by atoms with Crippen LogP contribution in [0.2, 0.25) is 0 Å². The summed E-state index contributed by atoms with van der Waals surface area (Å²) in [6, 6.07) is 8.17. The molecule has 2 heteroatoms. The summed E-state index contributed by atoms with van der Waals surface area (Å²) in [4.78, 5) is 5.18. The Balaban J connectivity index is 3.04. The molecule has 1 aromatic carbocycles. The van der Waals surface area contributed by atoms with E-state index in [0.717, 1.165) is 5.69 Å². The second-order valence-electron chi connectivity index (χ2n) is 3.22. The Hall–Kier alpha value is -1.02. The van der Waals surface area contributed by atoms with Gasteiger partial charge in [0.2, 0.25) is 0 Å². The van der Waals surface area contributed by atoms with E-state index in [1.165, 1.54) is 4.90 Å². The molecule has 0 aliphatic heterocycles. The van der Waals surface area contributed by atoms with Crippen LogP contribution in [0.3, 0.4) is 0 Å². The van der Waals surface area contributed by atoms with Gasteiger partial charge in [0, 0.05) is 0 Å². The summed E-state index contributed by atoms with van der Waals surface area (Å²) in [6.07, 6.45) is 4.44. The third-order valence-electron chi connectivity index (χ3n) is 2.04. The van der Waals surface area contributed by atoms with E-state index < -0.39 is 10.0 Å². The highest BCUT2D eigenvalue weighted by atomic mass is 32.3. The van der Waals surface area contributed by atoms with Crippen molar-refractivity contribution in [3.8, 4) is 0 Å². The molecule has 0 saturated heterocycles. The van der Waals surface area contributed by atoms with Gasteiger partial charge in [-0.15, -0.1) is 0 Å². The van der Waals surface area contributed by atoms with Gasteiger partial charge in [-0.1, -0.05) is 12.0 Å². The van der Waals surface area contributed by atoms with Crippen LogP contribution < -0.4 is 0 Å². The molecule has 0 aliphatic rings. The topological polar surface area (TPSA) is 12.4 Å². The van der Waals surface area contributed by atoms with Crippen LogP contribution in [0.4, 0.5) is 5.69 Å². The zero-order chi connectivity index (χ0) is 9.90. The monoisotopic (exact) mass is 193 g/mol. The molecule has 1 rings (SSSR count). The van der Waals surface area contributed by atoms with Crippen molar-refractivity contribution in [2.75, 3.05) is 12.5 Å². The zero-order valence-corrected chi connectivity index (χ0v) is 8.97. The molecule has 0 atom stereocenters.